The lowest BCUT2D eigenvalue weighted by atomic mass is 10.2. The van der Waals surface area contributed by atoms with Gasteiger partial charge in [-0.15, -0.1) is 0 Å². The summed E-state index contributed by atoms with van der Waals surface area (Å²) in [6, 6.07) is 18.2. The Hall–Kier alpha value is -3.16. The molecular formula is C15H16N4O4. The summed E-state index contributed by atoms with van der Waals surface area (Å²) in [6.07, 6.45) is 0. The molecule has 0 aliphatic heterocycles. The Morgan fingerprint density at radius 1 is 0.696 bits per heavy atom. The number of rotatable bonds is 8. The van der Waals surface area contributed by atoms with E-state index in [4.69, 9.17) is 0 Å². The van der Waals surface area contributed by atoms with E-state index in [0.717, 1.165) is 11.1 Å². The van der Waals surface area contributed by atoms with Gasteiger partial charge in [-0.1, -0.05) is 70.4 Å². The standard InChI is InChI=1S/C15H16N4O4/c20-18(11-14-7-3-1-4-8-14)16-22-13-23-17-19(21)12-15-9-5-2-6-10-15/h1-10H,11-13H2/b18-16+,19-17+. The molecule has 0 bridgehead atoms. The second kappa shape index (κ2) is 8.98. The van der Waals surface area contributed by atoms with Gasteiger partial charge >= 0.3 is 0 Å². The molecule has 0 aliphatic carbocycles. The molecule has 8 heteroatoms. The van der Waals surface area contributed by atoms with Crippen LogP contribution in [0.3, 0.4) is 0 Å². The average molecular weight is 316 g/mol. The SMILES string of the molecule is [O-]/[N+](Cc1ccccc1)=N/OCO/N=[N+](/[O-])Cc1ccccc1. The lowest BCUT2D eigenvalue weighted by Crippen LogP contribution is -2.04. The van der Waals surface area contributed by atoms with Crippen molar-refractivity contribution in [1.82, 2.24) is 0 Å². The van der Waals surface area contributed by atoms with Crippen molar-refractivity contribution in [1.29, 1.82) is 0 Å². The highest BCUT2D eigenvalue weighted by Gasteiger charge is 2.01. The maximum atomic E-state index is 11.4. The zero-order valence-corrected chi connectivity index (χ0v) is 12.3. The summed E-state index contributed by atoms with van der Waals surface area (Å²) in [7, 11) is 0. The van der Waals surface area contributed by atoms with Gasteiger partial charge in [0.25, 0.3) is 6.79 Å². The van der Waals surface area contributed by atoms with Gasteiger partial charge in [0.1, 0.15) is 0 Å². The number of nitrogens with zero attached hydrogens (tertiary/aromatic N) is 4. The van der Waals surface area contributed by atoms with Gasteiger partial charge in [-0.25, -0.2) is 0 Å². The highest BCUT2D eigenvalue weighted by molar-refractivity contribution is 5.13. The van der Waals surface area contributed by atoms with Crippen LogP contribution in [-0.4, -0.2) is 16.5 Å². The predicted octanol–water partition coefficient (Wildman–Crippen LogP) is 3.13. The summed E-state index contributed by atoms with van der Waals surface area (Å²) in [4.78, 5) is 10.00. The van der Waals surface area contributed by atoms with Crippen LogP contribution in [0, 0.1) is 10.4 Å². The van der Waals surface area contributed by atoms with E-state index in [1.54, 1.807) is 24.3 Å². The van der Waals surface area contributed by atoms with Gasteiger partial charge in [0, 0.05) is 11.1 Å². The minimum atomic E-state index is -0.430. The lowest BCUT2D eigenvalue weighted by Gasteiger charge is -2.01. The first-order valence-corrected chi connectivity index (χ1v) is 6.87. The third kappa shape index (κ3) is 6.42. The van der Waals surface area contributed by atoms with E-state index >= 15 is 0 Å². The Balaban J connectivity index is 1.68. The predicted molar refractivity (Wildman–Crippen MR) is 79.4 cm³/mol. The van der Waals surface area contributed by atoms with Crippen molar-refractivity contribution in [3.63, 3.8) is 0 Å². The van der Waals surface area contributed by atoms with Crippen molar-refractivity contribution in [3.8, 4) is 0 Å². The van der Waals surface area contributed by atoms with E-state index in [9.17, 15) is 10.4 Å². The first-order valence-electron chi connectivity index (χ1n) is 6.87. The molecule has 23 heavy (non-hydrogen) atoms. The van der Waals surface area contributed by atoms with Crippen molar-refractivity contribution in [3.05, 3.63) is 82.2 Å². The Bertz CT molecular complexity index is 590. The molecule has 2 rings (SSSR count). The first-order chi connectivity index (χ1) is 11.2. The Morgan fingerprint density at radius 2 is 1.09 bits per heavy atom. The van der Waals surface area contributed by atoms with Crippen molar-refractivity contribution >= 4 is 0 Å². The largest absolute Gasteiger partial charge is 0.597 e. The molecule has 0 heterocycles. The summed E-state index contributed by atoms with van der Waals surface area (Å²) in [5, 5.41) is 29.4. The van der Waals surface area contributed by atoms with Gasteiger partial charge in [0.15, 0.2) is 0 Å². The minimum Gasteiger partial charge on any atom is -0.597 e. The minimum absolute atomic E-state index is 0.0552. The molecule has 0 atom stereocenters. The fourth-order valence-electron chi connectivity index (χ4n) is 1.74. The van der Waals surface area contributed by atoms with Gasteiger partial charge in [0.05, 0.1) is 0 Å². The third-order valence-corrected chi connectivity index (χ3v) is 2.72. The van der Waals surface area contributed by atoms with Crippen LogP contribution >= 0.6 is 0 Å². The van der Waals surface area contributed by atoms with Gasteiger partial charge in [-0.05, 0) is 0 Å². The van der Waals surface area contributed by atoms with Crippen LogP contribution < -0.4 is 0 Å². The van der Waals surface area contributed by atoms with Gasteiger partial charge in [-0.3, -0.25) is 0 Å². The van der Waals surface area contributed by atoms with Crippen molar-refractivity contribution in [2.24, 2.45) is 10.6 Å². The maximum absolute atomic E-state index is 11.4. The topological polar surface area (TPSA) is 95.3 Å². The highest BCUT2D eigenvalue weighted by Crippen LogP contribution is 2.01. The van der Waals surface area contributed by atoms with E-state index in [-0.39, 0.29) is 13.1 Å². The van der Waals surface area contributed by atoms with Gasteiger partial charge in [-0.2, -0.15) is 0 Å². The van der Waals surface area contributed by atoms with Crippen LogP contribution in [0.5, 0.6) is 0 Å². The summed E-state index contributed by atoms with van der Waals surface area (Å²) < 4.78 is 0. The monoisotopic (exact) mass is 316 g/mol. The molecule has 0 spiro atoms. The number of hydrogen-bond acceptors (Lipinski definition) is 6. The molecule has 0 aliphatic rings. The van der Waals surface area contributed by atoms with E-state index in [1.165, 1.54) is 0 Å². The number of benzene rings is 2. The fraction of sp³-hybridized carbons (Fsp3) is 0.200. The Morgan fingerprint density at radius 3 is 1.48 bits per heavy atom. The molecule has 0 amide bonds. The van der Waals surface area contributed by atoms with E-state index in [0.29, 0.717) is 9.72 Å². The molecule has 8 nitrogen and oxygen atoms in total. The first kappa shape index (κ1) is 16.2. The van der Waals surface area contributed by atoms with Gasteiger partial charge in [0.2, 0.25) is 23.6 Å². The second-order valence-electron chi connectivity index (χ2n) is 4.53. The average Bonchev–Trinajstić information content (AvgIpc) is 2.56. The van der Waals surface area contributed by atoms with Crippen molar-refractivity contribution < 1.29 is 19.4 Å². The van der Waals surface area contributed by atoms with Crippen LogP contribution in [0.1, 0.15) is 11.1 Å². The lowest BCUT2D eigenvalue weighted by molar-refractivity contribution is -0.587. The molecule has 0 unspecified atom stereocenters. The zero-order valence-electron chi connectivity index (χ0n) is 12.3. The summed E-state index contributed by atoms with van der Waals surface area (Å²) in [6.45, 7) is -0.319. The van der Waals surface area contributed by atoms with E-state index in [1.807, 2.05) is 36.4 Å². The summed E-state index contributed by atoms with van der Waals surface area (Å²) in [5.74, 6) is 0. The molecule has 0 radical (unpaired) electrons. The molecule has 120 valence electrons. The molecule has 0 saturated heterocycles. The molecular weight excluding hydrogens is 300 g/mol. The van der Waals surface area contributed by atoms with Gasteiger partial charge < -0.3 is 20.1 Å². The van der Waals surface area contributed by atoms with Crippen LogP contribution in [0.25, 0.3) is 0 Å². The van der Waals surface area contributed by atoms with E-state index in [2.05, 4.69) is 20.2 Å². The van der Waals surface area contributed by atoms with Crippen LogP contribution in [0.4, 0.5) is 0 Å². The fourth-order valence-corrected chi connectivity index (χ4v) is 1.74. The summed E-state index contributed by atoms with van der Waals surface area (Å²) >= 11 is 0. The van der Waals surface area contributed by atoms with Crippen molar-refractivity contribution in [2.75, 3.05) is 6.79 Å². The van der Waals surface area contributed by atoms with Crippen LogP contribution in [0.15, 0.2) is 71.2 Å². The van der Waals surface area contributed by atoms with Crippen molar-refractivity contribution in [2.45, 2.75) is 13.1 Å². The van der Waals surface area contributed by atoms with Crippen LogP contribution in [0.2, 0.25) is 0 Å². The normalized spacial score (nSPS) is 12.0. The quantitative estimate of drug-likeness (QED) is 0.246. The molecule has 0 N–H and O–H groups in total. The molecule has 0 aromatic heterocycles. The molecule has 2 aromatic rings. The molecule has 2 aromatic carbocycles. The Labute approximate surface area is 133 Å². The highest BCUT2D eigenvalue weighted by atomic mass is 16.8. The molecule has 0 saturated carbocycles. The van der Waals surface area contributed by atoms with E-state index < -0.39 is 6.79 Å². The zero-order chi connectivity index (χ0) is 16.3. The second-order valence-corrected chi connectivity index (χ2v) is 4.53. The number of hydroxylamine groups is 2. The molecule has 0 fully saturated rings. The number of hydrogen-bond donors (Lipinski definition) is 0. The maximum Gasteiger partial charge on any atom is 0.292 e. The smallest absolute Gasteiger partial charge is 0.292 e. The third-order valence-electron chi connectivity index (χ3n) is 2.72. The summed E-state index contributed by atoms with van der Waals surface area (Å²) in [5.41, 5.74) is 1.60. The Kier molecular flexibility index (Phi) is 6.33. The van der Waals surface area contributed by atoms with Crippen LogP contribution in [-0.2, 0) is 22.8 Å².